The number of aromatic nitrogens is 2. The first-order valence-corrected chi connectivity index (χ1v) is 7.17. The molecule has 6 heteroatoms. The van der Waals surface area contributed by atoms with E-state index in [2.05, 4.69) is 20.2 Å². The zero-order chi connectivity index (χ0) is 14.2. The van der Waals surface area contributed by atoms with E-state index in [1.807, 2.05) is 6.92 Å². The summed E-state index contributed by atoms with van der Waals surface area (Å²) in [6.07, 6.45) is 5.01. The van der Waals surface area contributed by atoms with Crippen molar-refractivity contribution in [2.45, 2.75) is 19.8 Å². The number of ether oxygens (including phenoxy) is 1. The summed E-state index contributed by atoms with van der Waals surface area (Å²) in [5.41, 5.74) is 0. The van der Waals surface area contributed by atoms with Crippen molar-refractivity contribution in [2.75, 3.05) is 38.2 Å². The molecule has 1 aromatic rings. The van der Waals surface area contributed by atoms with Crippen LogP contribution in [0.5, 0.6) is 0 Å². The Morgan fingerprint density at radius 2 is 2.10 bits per heavy atom. The molecule has 2 rings (SSSR count). The van der Waals surface area contributed by atoms with Gasteiger partial charge in [0.05, 0.1) is 6.61 Å². The number of carbonyl (C=O) groups is 1. The summed E-state index contributed by atoms with van der Waals surface area (Å²) >= 11 is 0. The van der Waals surface area contributed by atoms with Gasteiger partial charge in [0.15, 0.2) is 0 Å². The number of amides is 1. The van der Waals surface area contributed by atoms with E-state index in [-0.39, 0.29) is 11.8 Å². The van der Waals surface area contributed by atoms with E-state index in [0.29, 0.717) is 5.95 Å². The molecule has 0 spiro atoms. The molecule has 0 saturated carbocycles. The molecule has 0 bridgehead atoms. The van der Waals surface area contributed by atoms with E-state index in [1.165, 1.54) is 0 Å². The van der Waals surface area contributed by atoms with Gasteiger partial charge in [0.25, 0.3) is 0 Å². The van der Waals surface area contributed by atoms with Gasteiger partial charge >= 0.3 is 0 Å². The van der Waals surface area contributed by atoms with Crippen molar-refractivity contribution in [2.24, 2.45) is 5.92 Å². The van der Waals surface area contributed by atoms with Crippen molar-refractivity contribution >= 4 is 11.9 Å². The largest absolute Gasteiger partial charge is 0.380 e. The van der Waals surface area contributed by atoms with Crippen molar-refractivity contribution in [3.63, 3.8) is 0 Å². The summed E-state index contributed by atoms with van der Waals surface area (Å²) in [5.74, 6) is 0.471. The molecule has 1 fully saturated rings. The van der Waals surface area contributed by atoms with Crippen LogP contribution in [0.15, 0.2) is 18.5 Å². The first-order chi connectivity index (χ1) is 9.79. The summed E-state index contributed by atoms with van der Waals surface area (Å²) in [7, 11) is 0. The standard InChI is InChI=1S/C14H22N4O2/c1-2-20-11-10-18-8-4-12(5-9-18)13(19)17-14-15-6-3-7-16-14/h3,6-7,12H,2,4-5,8-11H2,1H3,(H,15,16,17,19). The highest BCUT2D eigenvalue weighted by molar-refractivity contribution is 5.90. The van der Waals surface area contributed by atoms with Crippen LogP contribution >= 0.6 is 0 Å². The fourth-order valence-corrected chi connectivity index (χ4v) is 2.33. The number of likely N-dealkylation sites (tertiary alicyclic amines) is 1. The zero-order valence-electron chi connectivity index (χ0n) is 11.9. The Hall–Kier alpha value is -1.53. The van der Waals surface area contributed by atoms with Crippen molar-refractivity contribution in [3.05, 3.63) is 18.5 Å². The molecule has 0 unspecified atom stereocenters. The van der Waals surface area contributed by atoms with Crippen LogP contribution in [-0.4, -0.2) is 53.6 Å². The maximum Gasteiger partial charge on any atom is 0.229 e. The van der Waals surface area contributed by atoms with Gasteiger partial charge in [0, 0.05) is 31.5 Å². The van der Waals surface area contributed by atoms with Gasteiger partial charge in [0.2, 0.25) is 11.9 Å². The minimum atomic E-state index is 0.0284. The summed E-state index contributed by atoms with van der Waals surface area (Å²) in [6.45, 7) is 6.37. The molecule has 1 saturated heterocycles. The number of hydrogen-bond acceptors (Lipinski definition) is 5. The number of anilines is 1. The lowest BCUT2D eigenvalue weighted by Gasteiger charge is -2.30. The predicted octanol–water partition coefficient (Wildman–Crippen LogP) is 1.16. The van der Waals surface area contributed by atoms with Crippen molar-refractivity contribution in [3.8, 4) is 0 Å². The molecule has 2 heterocycles. The smallest absolute Gasteiger partial charge is 0.229 e. The van der Waals surface area contributed by atoms with Crippen LogP contribution in [0.3, 0.4) is 0 Å². The highest BCUT2D eigenvalue weighted by atomic mass is 16.5. The van der Waals surface area contributed by atoms with E-state index >= 15 is 0 Å². The number of hydrogen-bond donors (Lipinski definition) is 1. The highest BCUT2D eigenvalue weighted by Gasteiger charge is 2.25. The van der Waals surface area contributed by atoms with Crippen LogP contribution in [0.25, 0.3) is 0 Å². The molecule has 110 valence electrons. The second-order valence-corrected chi connectivity index (χ2v) is 4.87. The number of piperidine rings is 1. The Balaban J connectivity index is 1.72. The molecule has 1 aliphatic rings. The van der Waals surface area contributed by atoms with Crippen LogP contribution < -0.4 is 5.32 Å². The average Bonchev–Trinajstić information content (AvgIpc) is 2.49. The van der Waals surface area contributed by atoms with Crippen LogP contribution in [0.1, 0.15) is 19.8 Å². The number of carbonyl (C=O) groups excluding carboxylic acids is 1. The fraction of sp³-hybridized carbons (Fsp3) is 0.643. The molecule has 0 atom stereocenters. The maximum atomic E-state index is 12.1. The molecule has 1 N–H and O–H groups in total. The Bertz CT molecular complexity index is 405. The minimum absolute atomic E-state index is 0.0284. The zero-order valence-corrected chi connectivity index (χ0v) is 11.9. The van der Waals surface area contributed by atoms with Crippen LogP contribution in [0.4, 0.5) is 5.95 Å². The fourth-order valence-electron chi connectivity index (χ4n) is 2.33. The summed E-state index contributed by atoms with van der Waals surface area (Å²) < 4.78 is 5.35. The number of nitrogens with one attached hydrogen (secondary N) is 1. The lowest BCUT2D eigenvalue weighted by molar-refractivity contribution is -0.121. The first-order valence-electron chi connectivity index (χ1n) is 7.17. The highest BCUT2D eigenvalue weighted by Crippen LogP contribution is 2.18. The van der Waals surface area contributed by atoms with E-state index in [9.17, 15) is 4.79 Å². The molecular formula is C14H22N4O2. The molecule has 1 amide bonds. The van der Waals surface area contributed by atoms with Crippen molar-refractivity contribution in [1.29, 1.82) is 0 Å². The Morgan fingerprint density at radius 3 is 2.75 bits per heavy atom. The van der Waals surface area contributed by atoms with Gasteiger partial charge in [-0.1, -0.05) is 0 Å². The molecule has 0 aromatic carbocycles. The van der Waals surface area contributed by atoms with Gasteiger partial charge in [0.1, 0.15) is 0 Å². The van der Waals surface area contributed by atoms with Crippen molar-refractivity contribution < 1.29 is 9.53 Å². The van der Waals surface area contributed by atoms with Crippen LogP contribution in [-0.2, 0) is 9.53 Å². The lowest BCUT2D eigenvalue weighted by Crippen LogP contribution is -2.39. The van der Waals surface area contributed by atoms with E-state index in [1.54, 1.807) is 18.5 Å². The van der Waals surface area contributed by atoms with E-state index in [4.69, 9.17) is 4.74 Å². The second kappa shape index (κ2) is 7.91. The molecular weight excluding hydrogens is 256 g/mol. The van der Waals surface area contributed by atoms with E-state index in [0.717, 1.165) is 45.7 Å². The normalized spacial score (nSPS) is 17.1. The van der Waals surface area contributed by atoms with Gasteiger partial charge in [-0.3, -0.25) is 10.1 Å². The summed E-state index contributed by atoms with van der Waals surface area (Å²) in [6, 6.07) is 1.73. The molecule has 6 nitrogen and oxygen atoms in total. The Kier molecular flexibility index (Phi) is 5.88. The molecule has 1 aliphatic heterocycles. The third kappa shape index (κ3) is 4.54. The monoisotopic (exact) mass is 278 g/mol. The quantitative estimate of drug-likeness (QED) is 0.791. The third-order valence-electron chi connectivity index (χ3n) is 3.52. The molecule has 0 aliphatic carbocycles. The van der Waals surface area contributed by atoms with Crippen LogP contribution in [0.2, 0.25) is 0 Å². The first kappa shape index (κ1) is 14.9. The maximum absolute atomic E-state index is 12.1. The topological polar surface area (TPSA) is 67.3 Å². The molecule has 0 radical (unpaired) electrons. The number of rotatable bonds is 6. The Morgan fingerprint density at radius 1 is 1.40 bits per heavy atom. The van der Waals surface area contributed by atoms with Gasteiger partial charge < -0.3 is 9.64 Å². The molecule has 1 aromatic heterocycles. The SMILES string of the molecule is CCOCCN1CCC(C(=O)Nc2ncccn2)CC1. The van der Waals surface area contributed by atoms with Crippen LogP contribution in [0, 0.1) is 5.92 Å². The predicted molar refractivity (Wildman–Crippen MR) is 76.3 cm³/mol. The summed E-state index contributed by atoms with van der Waals surface area (Å²) in [5, 5.41) is 2.77. The van der Waals surface area contributed by atoms with Gasteiger partial charge in [-0.05, 0) is 38.9 Å². The van der Waals surface area contributed by atoms with Crippen molar-refractivity contribution in [1.82, 2.24) is 14.9 Å². The third-order valence-corrected chi connectivity index (χ3v) is 3.52. The average molecular weight is 278 g/mol. The summed E-state index contributed by atoms with van der Waals surface area (Å²) in [4.78, 5) is 22.5. The minimum Gasteiger partial charge on any atom is -0.380 e. The van der Waals surface area contributed by atoms with Gasteiger partial charge in [-0.15, -0.1) is 0 Å². The van der Waals surface area contributed by atoms with E-state index < -0.39 is 0 Å². The molecule has 20 heavy (non-hydrogen) atoms. The number of nitrogens with zero attached hydrogens (tertiary/aromatic N) is 3. The van der Waals surface area contributed by atoms with Gasteiger partial charge in [-0.2, -0.15) is 0 Å². The second-order valence-electron chi connectivity index (χ2n) is 4.87. The lowest BCUT2D eigenvalue weighted by atomic mass is 9.96. The van der Waals surface area contributed by atoms with Gasteiger partial charge in [-0.25, -0.2) is 9.97 Å². The Labute approximate surface area is 119 Å².